The first-order valence-electron chi connectivity index (χ1n) is 10.5. The Balaban J connectivity index is 1.34. The number of hydrogen-bond acceptors (Lipinski definition) is 5. The van der Waals surface area contributed by atoms with E-state index in [-0.39, 0.29) is 5.91 Å². The van der Waals surface area contributed by atoms with E-state index in [9.17, 15) is 4.79 Å². The van der Waals surface area contributed by atoms with Crippen molar-refractivity contribution in [2.24, 2.45) is 0 Å². The van der Waals surface area contributed by atoms with Gasteiger partial charge < -0.3 is 4.90 Å². The Labute approximate surface area is 182 Å². The van der Waals surface area contributed by atoms with Crippen LogP contribution in [-0.4, -0.2) is 57.6 Å². The van der Waals surface area contributed by atoms with E-state index in [1.807, 2.05) is 36.1 Å². The van der Waals surface area contributed by atoms with E-state index >= 15 is 0 Å². The van der Waals surface area contributed by atoms with Gasteiger partial charge in [-0.05, 0) is 31.9 Å². The molecule has 2 aromatic carbocycles. The van der Waals surface area contributed by atoms with E-state index < -0.39 is 0 Å². The van der Waals surface area contributed by atoms with Gasteiger partial charge in [-0.25, -0.2) is 9.97 Å². The summed E-state index contributed by atoms with van der Waals surface area (Å²) in [5.74, 6) is 1.35. The molecule has 0 N–H and O–H groups in total. The van der Waals surface area contributed by atoms with Crippen molar-refractivity contribution in [2.45, 2.75) is 31.8 Å². The molecule has 30 heavy (non-hydrogen) atoms. The van der Waals surface area contributed by atoms with Crippen molar-refractivity contribution in [3.63, 3.8) is 0 Å². The number of para-hydroxylation sites is 1. The molecule has 3 aromatic rings. The predicted octanol–water partition coefficient (Wildman–Crippen LogP) is 4.07. The molecule has 0 unspecified atom stereocenters. The smallest absolute Gasteiger partial charge is 0.233 e. The Kier molecular flexibility index (Phi) is 6.65. The normalized spacial score (nSPS) is 15.3. The molecular formula is C24H28N4OS. The van der Waals surface area contributed by atoms with Crippen LogP contribution < -0.4 is 0 Å². The molecular weight excluding hydrogens is 392 g/mol. The highest BCUT2D eigenvalue weighted by Crippen LogP contribution is 2.25. The number of benzene rings is 2. The average Bonchev–Trinajstić information content (AvgIpc) is 2.99. The van der Waals surface area contributed by atoms with Crippen LogP contribution in [0.4, 0.5) is 0 Å². The summed E-state index contributed by atoms with van der Waals surface area (Å²) in [6.07, 6.45) is 1.01. The summed E-state index contributed by atoms with van der Waals surface area (Å²) in [5.41, 5.74) is 3.55. The first-order chi connectivity index (χ1) is 14.6. The van der Waals surface area contributed by atoms with E-state index in [1.54, 1.807) is 0 Å². The lowest BCUT2D eigenvalue weighted by molar-refractivity contribution is -0.128. The van der Waals surface area contributed by atoms with Crippen molar-refractivity contribution >= 4 is 28.6 Å². The first kappa shape index (κ1) is 20.8. The monoisotopic (exact) mass is 420 g/mol. The fourth-order valence-electron chi connectivity index (χ4n) is 3.82. The minimum atomic E-state index is 0.192. The molecule has 0 atom stereocenters. The molecule has 6 heteroatoms. The van der Waals surface area contributed by atoms with Crippen molar-refractivity contribution in [3.8, 4) is 0 Å². The van der Waals surface area contributed by atoms with E-state index in [0.717, 1.165) is 60.9 Å². The molecule has 1 amide bonds. The van der Waals surface area contributed by atoms with Crippen LogP contribution in [0, 0.1) is 13.8 Å². The maximum absolute atomic E-state index is 12.9. The first-order valence-corrected chi connectivity index (χ1v) is 11.5. The summed E-state index contributed by atoms with van der Waals surface area (Å²) in [5, 5.41) is 1.91. The van der Waals surface area contributed by atoms with E-state index in [1.165, 1.54) is 22.9 Å². The lowest BCUT2D eigenvalue weighted by atomic mass is 10.1. The number of thioether (sulfide) groups is 1. The van der Waals surface area contributed by atoms with Crippen molar-refractivity contribution in [1.29, 1.82) is 0 Å². The molecule has 1 saturated heterocycles. The number of amides is 1. The van der Waals surface area contributed by atoms with Crippen LogP contribution in [0.1, 0.15) is 23.4 Å². The fourth-order valence-corrected chi connectivity index (χ4v) is 4.79. The third kappa shape index (κ3) is 5.18. The van der Waals surface area contributed by atoms with Gasteiger partial charge in [0.2, 0.25) is 5.91 Å². The Bertz CT molecular complexity index is 1020. The molecule has 1 aromatic heterocycles. The van der Waals surface area contributed by atoms with Gasteiger partial charge in [0.1, 0.15) is 10.9 Å². The van der Waals surface area contributed by atoms with Crippen molar-refractivity contribution in [2.75, 3.05) is 31.9 Å². The quantitative estimate of drug-likeness (QED) is 0.460. The van der Waals surface area contributed by atoms with Gasteiger partial charge in [-0.3, -0.25) is 9.69 Å². The summed E-state index contributed by atoms with van der Waals surface area (Å²) in [4.78, 5) is 26.4. The molecule has 156 valence electrons. The van der Waals surface area contributed by atoms with Gasteiger partial charge in [-0.15, -0.1) is 0 Å². The minimum Gasteiger partial charge on any atom is -0.341 e. The minimum absolute atomic E-state index is 0.192. The number of aryl methyl sites for hydroxylation is 2. The summed E-state index contributed by atoms with van der Waals surface area (Å²) in [7, 11) is 0. The van der Waals surface area contributed by atoms with Gasteiger partial charge in [0.05, 0.1) is 11.3 Å². The number of aromatic nitrogens is 2. The lowest BCUT2D eigenvalue weighted by Gasteiger charge is -2.22. The summed E-state index contributed by atoms with van der Waals surface area (Å²) in [6.45, 7) is 8.52. The van der Waals surface area contributed by atoms with Crippen LogP contribution >= 0.6 is 11.8 Å². The zero-order valence-corrected chi connectivity index (χ0v) is 18.5. The average molecular weight is 421 g/mol. The molecule has 5 nitrogen and oxygen atoms in total. The van der Waals surface area contributed by atoms with Gasteiger partial charge in [-0.2, -0.15) is 0 Å². The predicted molar refractivity (Wildman–Crippen MR) is 123 cm³/mol. The molecule has 2 heterocycles. The van der Waals surface area contributed by atoms with E-state index in [4.69, 9.17) is 0 Å². The van der Waals surface area contributed by atoms with Gasteiger partial charge in [-0.1, -0.05) is 59.8 Å². The van der Waals surface area contributed by atoms with Gasteiger partial charge in [0, 0.05) is 38.1 Å². The van der Waals surface area contributed by atoms with Gasteiger partial charge >= 0.3 is 0 Å². The maximum atomic E-state index is 12.9. The van der Waals surface area contributed by atoms with E-state index in [2.05, 4.69) is 46.1 Å². The highest BCUT2D eigenvalue weighted by Gasteiger charge is 2.20. The molecule has 0 saturated carbocycles. The summed E-state index contributed by atoms with van der Waals surface area (Å²) < 4.78 is 0. The summed E-state index contributed by atoms with van der Waals surface area (Å²) >= 11 is 1.52. The summed E-state index contributed by atoms with van der Waals surface area (Å²) in [6, 6.07) is 16.7. The second kappa shape index (κ2) is 9.58. The standard InChI is InChI=1S/C24H28N4OS/c1-18-8-10-20(11-9-18)16-27-12-5-13-28(15-14-27)23(29)17-30-24-21-6-3-4-7-22(21)25-19(2)26-24/h3-4,6-11H,5,12-17H2,1-2H3. The third-order valence-electron chi connectivity index (χ3n) is 5.48. The molecule has 0 spiro atoms. The third-order valence-corrected chi connectivity index (χ3v) is 6.46. The number of carbonyl (C=O) groups excluding carboxylic acids is 1. The van der Waals surface area contributed by atoms with E-state index in [0.29, 0.717) is 5.75 Å². The zero-order chi connectivity index (χ0) is 20.9. The largest absolute Gasteiger partial charge is 0.341 e. The highest BCUT2D eigenvalue weighted by molar-refractivity contribution is 8.00. The Morgan fingerprint density at radius 1 is 0.967 bits per heavy atom. The second-order valence-electron chi connectivity index (χ2n) is 7.88. The Hall–Kier alpha value is -2.44. The van der Waals surface area contributed by atoms with Crippen molar-refractivity contribution in [3.05, 3.63) is 65.5 Å². The van der Waals surface area contributed by atoms with Crippen LogP contribution in [-0.2, 0) is 11.3 Å². The fraction of sp³-hybridized carbons (Fsp3) is 0.375. The topological polar surface area (TPSA) is 49.3 Å². The van der Waals surface area contributed by atoms with Crippen LogP contribution in [0.3, 0.4) is 0 Å². The maximum Gasteiger partial charge on any atom is 0.233 e. The number of fused-ring (bicyclic) bond motifs is 1. The number of rotatable bonds is 5. The molecule has 0 bridgehead atoms. The Morgan fingerprint density at radius 3 is 2.60 bits per heavy atom. The highest BCUT2D eigenvalue weighted by atomic mass is 32.2. The van der Waals surface area contributed by atoms with Gasteiger partial charge in [0.15, 0.2) is 0 Å². The Morgan fingerprint density at radius 2 is 1.77 bits per heavy atom. The lowest BCUT2D eigenvalue weighted by Crippen LogP contribution is -2.36. The number of hydrogen-bond donors (Lipinski definition) is 0. The molecule has 1 aliphatic heterocycles. The van der Waals surface area contributed by atoms with Crippen molar-refractivity contribution < 1.29 is 4.79 Å². The molecule has 0 aliphatic carbocycles. The van der Waals surface area contributed by atoms with Crippen LogP contribution in [0.25, 0.3) is 10.9 Å². The molecule has 0 radical (unpaired) electrons. The van der Waals surface area contributed by atoms with Crippen LogP contribution in [0.15, 0.2) is 53.6 Å². The zero-order valence-electron chi connectivity index (χ0n) is 17.7. The number of carbonyl (C=O) groups is 1. The van der Waals surface area contributed by atoms with Crippen LogP contribution in [0.5, 0.6) is 0 Å². The van der Waals surface area contributed by atoms with Crippen molar-refractivity contribution in [1.82, 2.24) is 19.8 Å². The molecule has 1 aliphatic rings. The van der Waals surface area contributed by atoms with Crippen LogP contribution in [0.2, 0.25) is 0 Å². The van der Waals surface area contributed by atoms with Gasteiger partial charge in [0.25, 0.3) is 0 Å². The SMILES string of the molecule is Cc1ccc(CN2CCCN(C(=O)CSc3nc(C)nc4ccccc34)CC2)cc1. The molecule has 1 fully saturated rings. The number of nitrogens with zero attached hydrogens (tertiary/aromatic N) is 4. The molecule has 4 rings (SSSR count). The second-order valence-corrected chi connectivity index (χ2v) is 8.84.